The number of likely N-dealkylation sites (tertiary alicyclic amines) is 1. The summed E-state index contributed by atoms with van der Waals surface area (Å²) < 4.78 is 13.8. The Morgan fingerprint density at radius 2 is 1.20 bits per heavy atom. The molecule has 1 fully saturated rings. The summed E-state index contributed by atoms with van der Waals surface area (Å²) in [5, 5.41) is 1.05. The molecule has 1 saturated heterocycles. The van der Waals surface area contributed by atoms with Crippen LogP contribution in [-0.2, 0) is 6.54 Å². The van der Waals surface area contributed by atoms with Crippen molar-refractivity contribution in [3.63, 3.8) is 0 Å². The quantitative estimate of drug-likeness (QED) is 0.0797. The average molecular weight is 615 g/mol. The van der Waals surface area contributed by atoms with E-state index >= 15 is 0 Å². The molecule has 1 aromatic heterocycles. The Morgan fingerprint density at radius 1 is 0.630 bits per heavy atom. The molecule has 1 aliphatic heterocycles. The average Bonchev–Trinajstić information content (AvgIpc) is 3.38. The lowest BCUT2D eigenvalue weighted by atomic mass is 10.1. The number of fused-ring (bicyclic) bond motifs is 1. The SMILES string of the molecule is Cc1c(-c2ccc(OC(=O)c3ccccc3)cc2)n(CCCCCCN2CCCCC2)c2ccc(OC(=O)c3ccccc3)cc12. The Labute approximate surface area is 271 Å². The smallest absolute Gasteiger partial charge is 0.343 e. The second kappa shape index (κ2) is 15.1. The number of esters is 2. The molecule has 0 spiro atoms. The highest BCUT2D eigenvalue weighted by molar-refractivity contribution is 5.95. The first-order chi connectivity index (χ1) is 22.6. The number of nitrogens with zero attached hydrogens (tertiary/aromatic N) is 2. The van der Waals surface area contributed by atoms with Crippen molar-refractivity contribution in [1.29, 1.82) is 0 Å². The van der Waals surface area contributed by atoms with E-state index in [1.165, 1.54) is 58.2 Å². The second-order valence-corrected chi connectivity index (χ2v) is 12.2. The van der Waals surface area contributed by atoms with E-state index in [1.807, 2.05) is 72.8 Å². The molecule has 6 heteroatoms. The van der Waals surface area contributed by atoms with Crippen molar-refractivity contribution in [3.05, 3.63) is 120 Å². The second-order valence-electron chi connectivity index (χ2n) is 12.2. The van der Waals surface area contributed by atoms with Gasteiger partial charge in [0.2, 0.25) is 0 Å². The fourth-order valence-corrected chi connectivity index (χ4v) is 6.47. The Morgan fingerprint density at radius 3 is 1.83 bits per heavy atom. The number of hydrogen-bond donors (Lipinski definition) is 0. The minimum atomic E-state index is -0.378. The highest BCUT2D eigenvalue weighted by Crippen LogP contribution is 2.36. The van der Waals surface area contributed by atoms with Gasteiger partial charge in [0.15, 0.2) is 0 Å². The molecule has 0 N–H and O–H groups in total. The van der Waals surface area contributed by atoms with E-state index in [-0.39, 0.29) is 11.9 Å². The van der Waals surface area contributed by atoms with Crippen molar-refractivity contribution in [1.82, 2.24) is 9.47 Å². The first-order valence-electron chi connectivity index (χ1n) is 16.6. The Bertz CT molecular complexity index is 1750. The normalized spacial score (nSPS) is 13.5. The fourth-order valence-electron chi connectivity index (χ4n) is 6.47. The van der Waals surface area contributed by atoms with Crippen LogP contribution in [0.1, 0.15) is 71.2 Å². The Hall–Kier alpha value is -4.68. The lowest BCUT2D eigenvalue weighted by Gasteiger charge is -2.26. The van der Waals surface area contributed by atoms with E-state index < -0.39 is 0 Å². The molecule has 0 bridgehead atoms. The van der Waals surface area contributed by atoms with Gasteiger partial charge in [-0.3, -0.25) is 0 Å². The van der Waals surface area contributed by atoms with Crippen molar-refractivity contribution >= 4 is 22.8 Å². The van der Waals surface area contributed by atoms with Gasteiger partial charge in [-0.05, 0) is 130 Å². The summed E-state index contributed by atoms with van der Waals surface area (Å²) in [5.74, 6) is 0.273. The summed E-state index contributed by atoms with van der Waals surface area (Å²) in [6.45, 7) is 6.73. The molecule has 0 aliphatic carbocycles. The largest absolute Gasteiger partial charge is 0.423 e. The number of carbonyl (C=O) groups excluding carboxylic acids is 2. The fraction of sp³-hybridized carbons (Fsp3) is 0.300. The van der Waals surface area contributed by atoms with Crippen LogP contribution in [0, 0.1) is 6.92 Å². The lowest BCUT2D eigenvalue weighted by Crippen LogP contribution is -2.30. The van der Waals surface area contributed by atoms with Gasteiger partial charge in [0, 0.05) is 17.4 Å². The Kier molecular flexibility index (Phi) is 10.3. The summed E-state index contributed by atoms with van der Waals surface area (Å²) in [4.78, 5) is 28.0. The highest BCUT2D eigenvalue weighted by atomic mass is 16.5. The van der Waals surface area contributed by atoms with Crippen molar-refractivity contribution in [3.8, 4) is 22.8 Å². The van der Waals surface area contributed by atoms with Crippen LogP contribution in [0.4, 0.5) is 0 Å². The number of piperidine rings is 1. The molecular formula is C40H42N2O4. The van der Waals surface area contributed by atoms with Gasteiger partial charge >= 0.3 is 11.9 Å². The van der Waals surface area contributed by atoms with Gasteiger partial charge in [0.1, 0.15) is 11.5 Å². The number of benzene rings is 4. The number of unbranched alkanes of at least 4 members (excludes halogenated alkanes) is 3. The van der Waals surface area contributed by atoms with Crippen LogP contribution < -0.4 is 9.47 Å². The predicted molar refractivity (Wildman–Crippen MR) is 184 cm³/mol. The number of rotatable bonds is 12. The van der Waals surface area contributed by atoms with Gasteiger partial charge in [-0.2, -0.15) is 0 Å². The molecule has 0 radical (unpaired) electrons. The minimum absolute atomic E-state index is 0.373. The van der Waals surface area contributed by atoms with Crippen LogP contribution in [0.5, 0.6) is 11.5 Å². The van der Waals surface area contributed by atoms with Crippen LogP contribution in [0.15, 0.2) is 103 Å². The van der Waals surface area contributed by atoms with Crippen molar-refractivity contribution < 1.29 is 19.1 Å². The number of hydrogen-bond acceptors (Lipinski definition) is 5. The number of carbonyl (C=O) groups is 2. The van der Waals surface area contributed by atoms with Gasteiger partial charge < -0.3 is 18.9 Å². The Balaban J connectivity index is 1.21. The maximum Gasteiger partial charge on any atom is 0.343 e. The van der Waals surface area contributed by atoms with Crippen molar-refractivity contribution in [2.24, 2.45) is 0 Å². The van der Waals surface area contributed by atoms with Crippen LogP contribution in [0.2, 0.25) is 0 Å². The molecule has 5 aromatic rings. The summed E-state index contributed by atoms with van der Waals surface area (Å²) in [6, 6.07) is 31.7. The summed E-state index contributed by atoms with van der Waals surface area (Å²) >= 11 is 0. The first kappa shape index (κ1) is 31.3. The summed E-state index contributed by atoms with van der Waals surface area (Å²) in [5.41, 5.74) is 5.43. The molecule has 0 unspecified atom stereocenters. The standard InChI is InChI=1S/C40H42N2O4/c1-30-36-29-35(46-40(44)33-17-9-5-10-18-33)23-24-37(36)42(28-14-3-2-11-25-41-26-12-6-13-27-41)38(30)31-19-21-34(22-20-31)45-39(43)32-15-7-4-8-16-32/h4-5,7-10,15-24,29H,2-3,6,11-14,25-28H2,1H3. The third kappa shape index (κ3) is 7.57. The van der Waals surface area contributed by atoms with Crippen molar-refractivity contribution in [2.45, 2.75) is 58.4 Å². The molecule has 6 nitrogen and oxygen atoms in total. The van der Waals surface area contributed by atoms with Crippen LogP contribution >= 0.6 is 0 Å². The maximum absolute atomic E-state index is 12.8. The molecule has 46 heavy (non-hydrogen) atoms. The van der Waals surface area contributed by atoms with Gasteiger partial charge in [-0.25, -0.2) is 9.59 Å². The zero-order valence-corrected chi connectivity index (χ0v) is 26.6. The molecule has 0 saturated carbocycles. The molecule has 236 valence electrons. The molecular weight excluding hydrogens is 572 g/mol. The summed E-state index contributed by atoms with van der Waals surface area (Å²) in [7, 11) is 0. The van der Waals surface area contributed by atoms with Gasteiger partial charge in [0.05, 0.1) is 16.8 Å². The van der Waals surface area contributed by atoms with E-state index in [0.29, 0.717) is 22.6 Å². The van der Waals surface area contributed by atoms with E-state index in [2.05, 4.69) is 22.5 Å². The molecule has 1 aliphatic rings. The van der Waals surface area contributed by atoms with Crippen molar-refractivity contribution in [2.75, 3.05) is 19.6 Å². The third-order valence-corrected chi connectivity index (χ3v) is 8.91. The maximum atomic E-state index is 12.8. The van der Waals surface area contributed by atoms with Crippen LogP contribution in [0.3, 0.4) is 0 Å². The zero-order chi connectivity index (χ0) is 31.7. The monoisotopic (exact) mass is 614 g/mol. The highest BCUT2D eigenvalue weighted by Gasteiger charge is 2.18. The van der Waals surface area contributed by atoms with E-state index in [4.69, 9.17) is 9.47 Å². The molecule has 0 amide bonds. The topological polar surface area (TPSA) is 60.8 Å². The summed E-state index contributed by atoms with van der Waals surface area (Å²) in [6.07, 6.45) is 8.78. The lowest BCUT2D eigenvalue weighted by molar-refractivity contribution is 0.0725. The third-order valence-electron chi connectivity index (χ3n) is 8.91. The van der Waals surface area contributed by atoms with Gasteiger partial charge in [0.25, 0.3) is 0 Å². The molecule has 0 atom stereocenters. The first-order valence-corrected chi connectivity index (χ1v) is 16.6. The number of aromatic nitrogens is 1. The predicted octanol–water partition coefficient (Wildman–Crippen LogP) is 9.10. The number of ether oxygens (including phenoxy) is 2. The van der Waals surface area contributed by atoms with E-state index in [0.717, 1.165) is 40.7 Å². The van der Waals surface area contributed by atoms with Gasteiger partial charge in [-0.1, -0.05) is 55.7 Å². The van der Waals surface area contributed by atoms with Crippen LogP contribution in [0.25, 0.3) is 22.2 Å². The van der Waals surface area contributed by atoms with Crippen LogP contribution in [-0.4, -0.2) is 41.0 Å². The van der Waals surface area contributed by atoms with Gasteiger partial charge in [-0.15, -0.1) is 0 Å². The molecule has 2 heterocycles. The van der Waals surface area contributed by atoms with E-state index in [9.17, 15) is 9.59 Å². The zero-order valence-electron chi connectivity index (χ0n) is 26.6. The van der Waals surface area contributed by atoms with E-state index in [1.54, 1.807) is 24.3 Å². The molecule has 4 aromatic carbocycles. The minimum Gasteiger partial charge on any atom is -0.423 e. The molecule has 6 rings (SSSR count). The number of aryl methyl sites for hydroxylation is 2.